The van der Waals surface area contributed by atoms with Crippen molar-refractivity contribution in [3.05, 3.63) is 71.7 Å². The number of allylic oxidation sites excluding steroid dienone is 2. The highest BCUT2D eigenvalue weighted by molar-refractivity contribution is 7.73. The summed E-state index contributed by atoms with van der Waals surface area (Å²) in [6.45, 7) is 6.69. The third-order valence-electron chi connectivity index (χ3n) is 6.40. The summed E-state index contributed by atoms with van der Waals surface area (Å²) in [7, 11) is -3.22. The SMILES string of the molecule is CC1(C)CC2=NN(c3ccccc3)[P@](=O)(Nc3ccccc3)C2=C(N2CCCCC2)C1. The van der Waals surface area contributed by atoms with Crippen molar-refractivity contribution in [2.24, 2.45) is 10.5 Å². The highest BCUT2D eigenvalue weighted by Crippen LogP contribution is 2.66. The molecule has 5 rings (SSSR count). The van der Waals surface area contributed by atoms with Crippen molar-refractivity contribution in [1.29, 1.82) is 0 Å². The van der Waals surface area contributed by atoms with Gasteiger partial charge in [-0.25, -0.2) is 0 Å². The maximum atomic E-state index is 15.0. The average molecular weight is 435 g/mol. The Labute approximate surface area is 185 Å². The Bertz CT molecular complexity index is 1060. The van der Waals surface area contributed by atoms with E-state index >= 15 is 0 Å². The highest BCUT2D eigenvalue weighted by Gasteiger charge is 2.50. The molecule has 1 atom stereocenters. The maximum absolute atomic E-state index is 15.0. The summed E-state index contributed by atoms with van der Waals surface area (Å²) in [4.78, 5) is 2.49. The maximum Gasteiger partial charge on any atom is 0.313 e. The lowest BCUT2D eigenvalue weighted by Crippen LogP contribution is -2.36. The molecule has 0 aromatic heterocycles. The first-order valence-electron chi connectivity index (χ1n) is 11.3. The molecule has 0 spiro atoms. The minimum Gasteiger partial charge on any atom is -0.374 e. The normalized spacial score (nSPS) is 25.3. The summed E-state index contributed by atoms with van der Waals surface area (Å²) in [5.74, 6) is 0. The molecule has 5 nitrogen and oxygen atoms in total. The van der Waals surface area contributed by atoms with Gasteiger partial charge in [-0.05, 0) is 61.8 Å². The number of hydrogen-bond acceptors (Lipinski definition) is 3. The van der Waals surface area contributed by atoms with Crippen LogP contribution < -0.4 is 9.87 Å². The molecule has 1 fully saturated rings. The predicted molar refractivity (Wildman–Crippen MR) is 129 cm³/mol. The van der Waals surface area contributed by atoms with Crippen LogP contribution in [0.15, 0.2) is 76.8 Å². The van der Waals surface area contributed by atoms with E-state index in [9.17, 15) is 4.57 Å². The molecule has 0 bridgehead atoms. The molecule has 162 valence electrons. The van der Waals surface area contributed by atoms with Gasteiger partial charge < -0.3 is 9.99 Å². The number of para-hydroxylation sites is 2. The number of hydrazone groups is 1. The van der Waals surface area contributed by atoms with Crippen molar-refractivity contribution < 1.29 is 4.57 Å². The lowest BCUT2D eigenvalue weighted by atomic mass is 9.78. The molecule has 1 saturated heterocycles. The second kappa shape index (κ2) is 7.87. The molecular weight excluding hydrogens is 403 g/mol. The van der Waals surface area contributed by atoms with E-state index in [2.05, 4.69) is 23.8 Å². The van der Waals surface area contributed by atoms with Crippen LogP contribution in [0.25, 0.3) is 0 Å². The monoisotopic (exact) mass is 434 g/mol. The van der Waals surface area contributed by atoms with Crippen molar-refractivity contribution in [3.8, 4) is 0 Å². The number of fused-ring (bicyclic) bond motifs is 1. The van der Waals surface area contributed by atoms with Gasteiger partial charge >= 0.3 is 7.44 Å². The number of rotatable bonds is 4. The average Bonchev–Trinajstić information content (AvgIpc) is 3.06. The quantitative estimate of drug-likeness (QED) is 0.545. The number of likely N-dealkylation sites (tertiary alicyclic amines) is 1. The first-order chi connectivity index (χ1) is 15.0. The first-order valence-corrected chi connectivity index (χ1v) is 13.0. The summed E-state index contributed by atoms with van der Waals surface area (Å²) in [6, 6.07) is 19.8. The first kappa shape index (κ1) is 20.4. The van der Waals surface area contributed by atoms with Crippen LogP contribution in [0.2, 0.25) is 0 Å². The van der Waals surface area contributed by atoms with Crippen LogP contribution in [0.4, 0.5) is 11.4 Å². The molecule has 0 unspecified atom stereocenters. The van der Waals surface area contributed by atoms with Crippen molar-refractivity contribution in [2.45, 2.75) is 46.0 Å². The van der Waals surface area contributed by atoms with E-state index in [0.29, 0.717) is 0 Å². The fourth-order valence-electron chi connectivity index (χ4n) is 5.01. The predicted octanol–water partition coefficient (Wildman–Crippen LogP) is 6.69. The number of piperidine rings is 1. The Kier molecular flexibility index (Phi) is 5.18. The van der Waals surface area contributed by atoms with Gasteiger partial charge in [0.25, 0.3) is 0 Å². The number of benzene rings is 2. The van der Waals surface area contributed by atoms with Crippen LogP contribution in [-0.2, 0) is 4.57 Å². The van der Waals surface area contributed by atoms with Crippen LogP contribution in [0.1, 0.15) is 46.0 Å². The Balaban J connectivity index is 1.68. The number of nitrogens with one attached hydrogen (secondary N) is 1. The summed E-state index contributed by atoms with van der Waals surface area (Å²) >= 11 is 0. The largest absolute Gasteiger partial charge is 0.374 e. The van der Waals surface area contributed by atoms with Gasteiger partial charge in [0, 0.05) is 24.5 Å². The van der Waals surface area contributed by atoms with E-state index in [0.717, 1.165) is 48.3 Å². The van der Waals surface area contributed by atoms with E-state index in [1.165, 1.54) is 25.0 Å². The van der Waals surface area contributed by atoms with Crippen molar-refractivity contribution >= 4 is 24.5 Å². The zero-order chi connectivity index (χ0) is 21.5. The third-order valence-corrected chi connectivity index (χ3v) is 8.94. The summed E-state index contributed by atoms with van der Waals surface area (Å²) in [5.41, 5.74) is 4.03. The van der Waals surface area contributed by atoms with Gasteiger partial charge in [0.1, 0.15) is 0 Å². The van der Waals surface area contributed by atoms with Crippen molar-refractivity contribution in [1.82, 2.24) is 4.90 Å². The lowest BCUT2D eigenvalue weighted by molar-refractivity contribution is 0.240. The van der Waals surface area contributed by atoms with E-state index in [4.69, 9.17) is 5.10 Å². The van der Waals surface area contributed by atoms with Gasteiger partial charge in [0.15, 0.2) is 0 Å². The molecule has 2 heterocycles. The van der Waals surface area contributed by atoms with Crippen LogP contribution in [0.5, 0.6) is 0 Å². The van der Waals surface area contributed by atoms with Crippen LogP contribution >= 0.6 is 7.44 Å². The summed E-state index contributed by atoms with van der Waals surface area (Å²) < 4.78 is 16.7. The molecule has 0 radical (unpaired) electrons. The summed E-state index contributed by atoms with van der Waals surface area (Å²) in [6.07, 6.45) is 5.44. The van der Waals surface area contributed by atoms with Gasteiger partial charge in [-0.15, -0.1) is 0 Å². The van der Waals surface area contributed by atoms with Gasteiger partial charge in [0.2, 0.25) is 0 Å². The van der Waals surface area contributed by atoms with Crippen molar-refractivity contribution in [2.75, 3.05) is 23.0 Å². The molecule has 0 amide bonds. The molecule has 1 aliphatic carbocycles. The van der Waals surface area contributed by atoms with Crippen LogP contribution in [0, 0.1) is 5.41 Å². The van der Waals surface area contributed by atoms with Gasteiger partial charge in [-0.2, -0.15) is 9.88 Å². The standard InChI is InChI=1S/C25H31N4OP/c1-25(2)18-22-24(23(19-25)28-16-10-5-11-17-28)31(30,27-20-12-6-3-7-13-20)29(26-22)21-14-8-4-9-15-21/h3-4,6-9,12-15H,5,10-11,16-19H2,1-2H3,(H,27,30)/t31-/m1/s1. The minimum absolute atomic E-state index is 0.0966. The number of hydrogen-bond donors (Lipinski definition) is 1. The molecule has 0 saturated carbocycles. The molecule has 2 aliphatic heterocycles. The van der Waals surface area contributed by atoms with E-state index in [-0.39, 0.29) is 5.41 Å². The minimum atomic E-state index is -3.22. The third kappa shape index (κ3) is 3.80. The highest BCUT2D eigenvalue weighted by atomic mass is 31.2. The van der Waals surface area contributed by atoms with Gasteiger partial charge in [-0.1, -0.05) is 50.2 Å². The summed E-state index contributed by atoms with van der Waals surface area (Å²) in [5, 5.41) is 9.40. The smallest absolute Gasteiger partial charge is 0.313 e. The Morgan fingerprint density at radius 2 is 1.55 bits per heavy atom. The lowest BCUT2D eigenvalue weighted by Gasteiger charge is -2.40. The Morgan fingerprint density at radius 3 is 2.23 bits per heavy atom. The van der Waals surface area contributed by atoms with Crippen LogP contribution in [-0.4, -0.2) is 23.7 Å². The second-order valence-electron chi connectivity index (χ2n) is 9.59. The zero-order valence-corrected chi connectivity index (χ0v) is 19.3. The molecule has 6 heteroatoms. The molecule has 1 N–H and O–H groups in total. The van der Waals surface area contributed by atoms with Crippen molar-refractivity contribution in [3.63, 3.8) is 0 Å². The number of nitrogens with zero attached hydrogens (tertiary/aromatic N) is 3. The van der Waals surface area contributed by atoms with E-state index in [1.807, 2.05) is 60.7 Å². The fraction of sp³-hybridized carbons (Fsp3) is 0.400. The van der Waals surface area contributed by atoms with E-state index < -0.39 is 7.44 Å². The molecule has 3 aliphatic rings. The molecule has 2 aromatic carbocycles. The van der Waals surface area contributed by atoms with Gasteiger partial charge in [0.05, 0.1) is 16.7 Å². The Morgan fingerprint density at radius 1 is 0.903 bits per heavy atom. The fourth-order valence-corrected chi connectivity index (χ4v) is 7.64. The topological polar surface area (TPSA) is 47.9 Å². The molecular formula is C25H31N4OP. The van der Waals surface area contributed by atoms with Crippen LogP contribution in [0.3, 0.4) is 0 Å². The van der Waals surface area contributed by atoms with E-state index in [1.54, 1.807) is 4.78 Å². The molecule has 2 aromatic rings. The molecule has 31 heavy (non-hydrogen) atoms. The second-order valence-corrected chi connectivity index (χ2v) is 11.8. The Hall–Kier alpha value is -2.52. The van der Waals surface area contributed by atoms with Gasteiger partial charge in [-0.3, -0.25) is 4.57 Å². The number of anilines is 2. The zero-order valence-electron chi connectivity index (χ0n) is 18.4.